The van der Waals surface area contributed by atoms with E-state index in [1.54, 1.807) is 19.1 Å². The fourth-order valence-corrected chi connectivity index (χ4v) is 2.08. The van der Waals surface area contributed by atoms with E-state index in [-0.39, 0.29) is 12.2 Å². The van der Waals surface area contributed by atoms with Gasteiger partial charge in [-0.1, -0.05) is 18.2 Å². The highest BCUT2D eigenvalue weighted by Gasteiger charge is 2.20. The lowest BCUT2D eigenvalue weighted by Gasteiger charge is -2.13. The summed E-state index contributed by atoms with van der Waals surface area (Å²) in [5, 5.41) is 15.3. The van der Waals surface area contributed by atoms with E-state index >= 15 is 0 Å². The smallest absolute Gasteiger partial charge is 0.334 e. The minimum atomic E-state index is -1.21. The molecule has 8 nitrogen and oxygen atoms in total. The molecule has 1 aromatic heterocycles. The second-order valence-corrected chi connectivity index (χ2v) is 5.02. The van der Waals surface area contributed by atoms with E-state index in [4.69, 9.17) is 9.84 Å². The number of carboxylic acids is 1. The van der Waals surface area contributed by atoms with Crippen LogP contribution in [-0.2, 0) is 9.53 Å². The van der Waals surface area contributed by atoms with Gasteiger partial charge in [0.25, 0.3) is 5.91 Å². The molecule has 0 aliphatic carbocycles. The number of carboxylic acid groups (broad SMARTS) is 1. The maximum Gasteiger partial charge on any atom is 0.334 e. The minimum absolute atomic E-state index is 0.273. The molecule has 0 spiro atoms. The lowest BCUT2D eigenvalue weighted by atomic mass is 10.2. The molecule has 8 heteroatoms. The number of nitrogens with zero attached hydrogens (tertiary/aromatic N) is 2. The number of carbonyl (C=O) groups is 2. The first-order chi connectivity index (χ1) is 11.4. The average molecular weight is 331 g/mol. The van der Waals surface area contributed by atoms with Gasteiger partial charge in [0.05, 0.1) is 12.2 Å². The molecule has 0 aliphatic heterocycles. The molecule has 0 aliphatic rings. The van der Waals surface area contributed by atoms with E-state index in [2.05, 4.69) is 10.4 Å². The van der Waals surface area contributed by atoms with Crippen LogP contribution in [0.5, 0.6) is 0 Å². The largest absolute Gasteiger partial charge is 0.479 e. The molecule has 0 saturated carbocycles. The SMILES string of the molecule is COC(CNC(=O)c1nn(-c2ccccc2)c(C)cc1=O)C(=O)O. The molecule has 1 amide bonds. The Kier molecular flexibility index (Phi) is 5.43. The van der Waals surface area contributed by atoms with E-state index < -0.39 is 23.4 Å². The number of ether oxygens (including phenoxy) is 1. The van der Waals surface area contributed by atoms with Crippen LogP contribution in [0.2, 0.25) is 0 Å². The second-order valence-electron chi connectivity index (χ2n) is 5.02. The summed E-state index contributed by atoms with van der Waals surface area (Å²) in [6, 6.07) is 10.3. The quantitative estimate of drug-likeness (QED) is 0.791. The first-order valence-corrected chi connectivity index (χ1v) is 7.14. The highest BCUT2D eigenvalue weighted by molar-refractivity contribution is 5.92. The molecular weight excluding hydrogens is 314 g/mol. The maximum atomic E-state index is 12.2. The van der Waals surface area contributed by atoms with Crippen molar-refractivity contribution in [3.05, 3.63) is 58.0 Å². The van der Waals surface area contributed by atoms with E-state index in [0.717, 1.165) is 0 Å². The van der Waals surface area contributed by atoms with Crippen molar-refractivity contribution in [3.63, 3.8) is 0 Å². The lowest BCUT2D eigenvalue weighted by Crippen LogP contribution is -2.40. The zero-order valence-electron chi connectivity index (χ0n) is 13.2. The van der Waals surface area contributed by atoms with Crippen molar-refractivity contribution in [2.75, 3.05) is 13.7 Å². The molecule has 126 valence electrons. The number of hydrogen-bond donors (Lipinski definition) is 2. The Hall–Kier alpha value is -3.00. The van der Waals surface area contributed by atoms with Crippen molar-refractivity contribution < 1.29 is 19.4 Å². The third-order valence-corrected chi connectivity index (χ3v) is 3.33. The van der Waals surface area contributed by atoms with Crippen LogP contribution in [-0.4, -0.2) is 46.5 Å². The van der Waals surface area contributed by atoms with Crippen LogP contribution in [0, 0.1) is 6.92 Å². The topological polar surface area (TPSA) is 111 Å². The zero-order chi connectivity index (χ0) is 17.7. The van der Waals surface area contributed by atoms with Gasteiger partial charge in [-0.25, -0.2) is 9.48 Å². The first kappa shape index (κ1) is 17.4. The summed E-state index contributed by atoms with van der Waals surface area (Å²) in [5.41, 5.74) is 0.415. The third-order valence-electron chi connectivity index (χ3n) is 3.33. The standard InChI is InChI=1S/C16H17N3O5/c1-10-8-12(20)14(15(21)17-9-13(24-2)16(22)23)18-19(10)11-6-4-3-5-7-11/h3-8,13H,9H2,1-2H3,(H,17,21)(H,22,23). The molecule has 2 N–H and O–H groups in total. The number of para-hydroxylation sites is 1. The van der Waals surface area contributed by atoms with Crippen molar-refractivity contribution >= 4 is 11.9 Å². The van der Waals surface area contributed by atoms with E-state index in [1.807, 2.05) is 18.2 Å². The summed E-state index contributed by atoms with van der Waals surface area (Å²) in [6.45, 7) is 1.43. The van der Waals surface area contributed by atoms with Crippen molar-refractivity contribution in [1.82, 2.24) is 15.1 Å². The average Bonchev–Trinajstić information content (AvgIpc) is 2.55. The van der Waals surface area contributed by atoms with Crippen LogP contribution in [0.3, 0.4) is 0 Å². The number of amides is 1. The van der Waals surface area contributed by atoms with Gasteiger partial charge >= 0.3 is 5.97 Å². The number of aliphatic carboxylic acids is 1. The van der Waals surface area contributed by atoms with Crippen LogP contribution in [0.25, 0.3) is 5.69 Å². The lowest BCUT2D eigenvalue weighted by molar-refractivity contribution is -0.148. The van der Waals surface area contributed by atoms with Crippen LogP contribution in [0.1, 0.15) is 16.2 Å². The Morgan fingerprint density at radius 2 is 2.00 bits per heavy atom. The second kappa shape index (κ2) is 7.51. The summed E-state index contributed by atoms with van der Waals surface area (Å²) < 4.78 is 6.20. The predicted octanol–water partition coefficient (Wildman–Crippen LogP) is 0.370. The normalized spacial score (nSPS) is 11.8. The number of carbonyl (C=O) groups excluding carboxylic acids is 1. The monoisotopic (exact) mass is 331 g/mol. The Morgan fingerprint density at radius 3 is 2.58 bits per heavy atom. The van der Waals surface area contributed by atoms with Gasteiger partial charge in [-0.2, -0.15) is 5.10 Å². The van der Waals surface area contributed by atoms with Gasteiger partial charge in [0, 0.05) is 18.9 Å². The molecule has 0 saturated heterocycles. The van der Waals surface area contributed by atoms with Crippen LogP contribution in [0.15, 0.2) is 41.2 Å². The number of rotatable bonds is 6. The Morgan fingerprint density at radius 1 is 1.33 bits per heavy atom. The maximum absolute atomic E-state index is 12.2. The van der Waals surface area contributed by atoms with Crippen LogP contribution >= 0.6 is 0 Å². The molecule has 0 bridgehead atoms. The van der Waals surface area contributed by atoms with Crippen molar-refractivity contribution in [2.24, 2.45) is 0 Å². The van der Waals surface area contributed by atoms with E-state index in [1.165, 1.54) is 17.9 Å². The van der Waals surface area contributed by atoms with Gasteiger partial charge in [-0.15, -0.1) is 0 Å². The molecule has 0 fully saturated rings. The van der Waals surface area contributed by atoms with Gasteiger partial charge in [-0.3, -0.25) is 9.59 Å². The Labute approximate surface area is 137 Å². The number of hydrogen-bond acceptors (Lipinski definition) is 5. The molecule has 1 unspecified atom stereocenters. The van der Waals surface area contributed by atoms with Crippen molar-refractivity contribution in [1.29, 1.82) is 0 Å². The molecule has 0 radical (unpaired) electrons. The summed E-state index contributed by atoms with van der Waals surface area (Å²) in [4.78, 5) is 35.1. The van der Waals surface area contributed by atoms with E-state index in [9.17, 15) is 14.4 Å². The van der Waals surface area contributed by atoms with Crippen LogP contribution in [0.4, 0.5) is 0 Å². The number of aromatic nitrogens is 2. The first-order valence-electron chi connectivity index (χ1n) is 7.14. The van der Waals surface area contributed by atoms with Crippen molar-refractivity contribution in [3.8, 4) is 5.69 Å². The van der Waals surface area contributed by atoms with Gasteiger partial charge < -0.3 is 15.2 Å². The molecule has 1 atom stereocenters. The molecule has 1 heterocycles. The number of nitrogens with one attached hydrogen (secondary N) is 1. The van der Waals surface area contributed by atoms with E-state index in [0.29, 0.717) is 11.4 Å². The number of methoxy groups -OCH3 is 1. The third kappa shape index (κ3) is 3.85. The predicted molar refractivity (Wildman–Crippen MR) is 85.3 cm³/mol. The number of benzene rings is 1. The molecule has 2 rings (SSSR count). The molecular formula is C16H17N3O5. The number of aryl methyl sites for hydroxylation is 1. The van der Waals surface area contributed by atoms with Gasteiger partial charge in [-0.05, 0) is 19.1 Å². The minimum Gasteiger partial charge on any atom is -0.479 e. The summed E-state index contributed by atoms with van der Waals surface area (Å²) >= 11 is 0. The fourth-order valence-electron chi connectivity index (χ4n) is 2.08. The fraction of sp³-hybridized carbons (Fsp3) is 0.250. The molecule has 24 heavy (non-hydrogen) atoms. The molecule has 2 aromatic rings. The summed E-state index contributed by atoms with van der Waals surface area (Å²) in [5.74, 6) is -1.97. The highest BCUT2D eigenvalue weighted by Crippen LogP contribution is 2.07. The van der Waals surface area contributed by atoms with Gasteiger partial charge in [0.15, 0.2) is 11.8 Å². The Bertz CT molecular complexity index is 801. The summed E-state index contributed by atoms with van der Waals surface area (Å²) in [7, 11) is 1.22. The van der Waals surface area contributed by atoms with Crippen molar-refractivity contribution in [2.45, 2.75) is 13.0 Å². The van der Waals surface area contributed by atoms with Gasteiger partial charge in [0.2, 0.25) is 5.43 Å². The molecule has 1 aromatic carbocycles. The van der Waals surface area contributed by atoms with Gasteiger partial charge in [0.1, 0.15) is 0 Å². The zero-order valence-corrected chi connectivity index (χ0v) is 13.2. The van der Waals surface area contributed by atoms with Crippen LogP contribution < -0.4 is 10.7 Å². The summed E-state index contributed by atoms with van der Waals surface area (Å²) in [6.07, 6.45) is -1.20. The highest BCUT2D eigenvalue weighted by atomic mass is 16.5. The Balaban J connectivity index is 2.29.